The SMILES string of the molecule is N#CCC1CCCCNC1. The molecule has 0 aromatic rings. The zero-order valence-electron chi connectivity index (χ0n) is 6.27. The van der Waals surface area contributed by atoms with Crippen molar-refractivity contribution in [2.24, 2.45) is 5.92 Å². The van der Waals surface area contributed by atoms with Gasteiger partial charge in [-0.2, -0.15) is 5.26 Å². The van der Waals surface area contributed by atoms with Crippen LogP contribution in [0.3, 0.4) is 0 Å². The van der Waals surface area contributed by atoms with Crippen molar-refractivity contribution in [1.29, 1.82) is 5.26 Å². The topological polar surface area (TPSA) is 35.8 Å². The molecule has 1 aliphatic heterocycles. The lowest BCUT2D eigenvalue weighted by atomic mass is 10.0. The first-order valence-corrected chi connectivity index (χ1v) is 4.01. The van der Waals surface area contributed by atoms with E-state index in [2.05, 4.69) is 11.4 Å². The molecule has 0 spiro atoms. The van der Waals surface area contributed by atoms with Gasteiger partial charge < -0.3 is 5.32 Å². The largest absolute Gasteiger partial charge is 0.316 e. The Morgan fingerprint density at radius 2 is 2.40 bits per heavy atom. The molecule has 1 aliphatic rings. The van der Waals surface area contributed by atoms with Crippen LogP contribution in [0, 0.1) is 17.2 Å². The third kappa shape index (κ3) is 2.36. The first-order chi connectivity index (χ1) is 4.93. The molecule has 1 atom stereocenters. The molecular formula is C8H14N2. The molecule has 10 heavy (non-hydrogen) atoms. The Kier molecular flexibility index (Phi) is 3.25. The van der Waals surface area contributed by atoms with Gasteiger partial charge in [-0.1, -0.05) is 6.42 Å². The van der Waals surface area contributed by atoms with E-state index in [-0.39, 0.29) is 0 Å². The van der Waals surface area contributed by atoms with Gasteiger partial charge in [0.15, 0.2) is 0 Å². The Balaban J connectivity index is 2.23. The molecule has 0 aromatic carbocycles. The van der Waals surface area contributed by atoms with E-state index in [1.165, 1.54) is 19.3 Å². The maximum Gasteiger partial charge on any atom is 0.0625 e. The second kappa shape index (κ2) is 4.29. The highest BCUT2D eigenvalue weighted by Crippen LogP contribution is 2.13. The summed E-state index contributed by atoms with van der Waals surface area (Å²) in [4.78, 5) is 0. The van der Waals surface area contributed by atoms with E-state index in [0.717, 1.165) is 19.5 Å². The number of hydrogen-bond donors (Lipinski definition) is 1. The molecule has 0 bridgehead atoms. The van der Waals surface area contributed by atoms with Crippen LogP contribution >= 0.6 is 0 Å². The van der Waals surface area contributed by atoms with Crippen LogP contribution in [0.25, 0.3) is 0 Å². The molecule has 1 fully saturated rings. The van der Waals surface area contributed by atoms with E-state index in [1.54, 1.807) is 0 Å². The lowest BCUT2D eigenvalue weighted by Crippen LogP contribution is -2.20. The fraction of sp³-hybridized carbons (Fsp3) is 0.875. The minimum atomic E-state index is 0.618. The summed E-state index contributed by atoms with van der Waals surface area (Å²) in [5, 5.41) is 11.8. The number of rotatable bonds is 1. The Hall–Kier alpha value is -0.550. The molecule has 0 radical (unpaired) electrons. The highest BCUT2D eigenvalue weighted by molar-refractivity contribution is 4.78. The molecular weight excluding hydrogens is 124 g/mol. The van der Waals surface area contributed by atoms with Gasteiger partial charge in [-0.05, 0) is 31.8 Å². The van der Waals surface area contributed by atoms with Crippen LogP contribution in [0.1, 0.15) is 25.7 Å². The average molecular weight is 138 g/mol. The summed E-state index contributed by atoms with van der Waals surface area (Å²) in [5.74, 6) is 0.618. The molecule has 2 nitrogen and oxygen atoms in total. The van der Waals surface area contributed by atoms with Crippen molar-refractivity contribution in [3.8, 4) is 6.07 Å². The normalized spacial score (nSPS) is 26.9. The lowest BCUT2D eigenvalue weighted by Gasteiger charge is -2.07. The smallest absolute Gasteiger partial charge is 0.0625 e. The Labute approximate surface area is 62.2 Å². The highest BCUT2D eigenvalue weighted by Gasteiger charge is 2.10. The second-order valence-corrected chi connectivity index (χ2v) is 2.93. The van der Waals surface area contributed by atoms with Crippen molar-refractivity contribution in [3.05, 3.63) is 0 Å². The van der Waals surface area contributed by atoms with Crippen molar-refractivity contribution in [1.82, 2.24) is 5.32 Å². The predicted octanol–water partition coefficient (Wildman–Crippen LogP) is 1.29. The van der Waals surface area contributed by atoms with Crippen molar-refractivity contribution in [2.75, 3.05) is 13.1 Å². The monoisotopic (exact) mass is 138 g/mol. The molecule has 1 heterocycles. The first kappa shape index (κ1) is 7.56. The molecule has 1 unspecified atom stereocenters. The minimum absolute atomic E-state index is 0.618. The van der Waals surface area contributed by atoms with Crippen LogP contribution in [0.4, 0.5) is 0 Å². The van der Waals surface area contributed by atoms with Crippen molar-refractivity contribution in [3.63, 3.8) is 0 Å². The summed E-state index contributed by atoms with van der Waals surface area (Å²) < 4.78 is 0. The van der Waals surface area contributed by atoms with Crippen molar-refractivity contribution in [2.45, 2.75) is 25.7 Å². The van der Waals surface area contributed by atoms with E-state index >= 15 is 0 Å². The van der Waals surface area contributed by atoms with Gasteiger partial charge in [0, 0.05) is 6.42 Å². The Morgan fingerprint density at radius 1 is 1.50 bits per heavy atom. The maximum atomic E-state index is 8.43. The van der Waals surface area contributed by atoms with E-state index in [0.29, 0.717) is 5.92 Å². The highest BCUT2D eigenvalue weighted by atomic mass is 14.9. The number of nitriles is 1. The van der Waals surface area contributed by atoms with E-state index < -0.39 is 0 Å². The first-order valence-electron chi connectivity index (χ1n) is 4.01. The molecule has 1 N–H and O–H groups in total. The quantitative estimate of drug-likeness (QED) is 0.592. The second-order valence-electron chi connectivity index (χ2n) is 2.93. The fourth-order valence-corrected chi connectivity index (χ4v) is 1.39. The predicted molar refractivity (Wildman–Crippen MR) is 40.4 cm³/mol. The zero-order valence-corrected chi connectivity index (χ0v) is 6.27. The number of hydrogen-bond acceptors (Lipinski definition) is 2. The zero-order chi connectivity index (χ0) is 7.23. The summed E-state index contributed by atoms with van der Waals surface area (Å²) in [6.07, 6.45) is 4.54. The third-order valence-electron chi connectivity index (χ3n) is 2.03. The van der Waals surface area contributed by atoms with E-state index in [4.69, 9.17) is 5.26 Å². The Morgan fingerprint density at radius 3 is 3.20 bits per heavy atom. The van der Waals surface area contributed by atoms with E-state index in [1.807, 2.05) is 0 Å². The summed E-state index contributed by atoms with van der Waals surface area (Å²) >= 11 is 0. The average Bonchev–Trinajstić information content (AvgIpc) is 2.17. The molecule has 0 aromatic heterocycles. The van der Waals surface area contributed by atoms with Crippen LogP contribution in [0.5, 0.6) is 0 Å². The van der Waals surface area contributed by atoms with Crippen LogP contribution in [-0.4, -0.2) is 13.1 Å². The fourth-order valence-electron chi connectivity index (χ4n) is 1.39. The standard InChI is InChI=1S/C8H14N2/c9-5-4-8-3-1-2-6-10-7-8/h8,10H,1-4,6-7H2. The summed E-state index contributed by atoms with van der Waals surface area (Å²) in [6, 6.07) is 2.23. The number of nitrogens with one attached hydrogen (secondary N) is 1. The lowest BCUT2D eigenvalue weighted by molar-refractivity contribution is 0.490. The summed E-state index contributed by atoms with van der Waals surface area (Å²) in [5.41, 5.74) is 0. The molecule has 1 saturated heterocycles. The minimum Gasteiger partial charge on any atom is -0.316 e. The van der Waals surface area contributed by atoms with Crippen LogP contribution in [-0.2, 0) is 0 Å². The van der Waals surface area contributed by atoms with Crippen LogP contribution < -0.4 is 5.32 Å². The van der Waals surface area contributed by atoms with E-state index in [9.17, 15) is 0 Å². The van der Waals surface area contributed by atoms with Gasteiger partial charge in [0.25, 0.3) is 0 Å². The van der Waals surface area contributed by atoms with Gasteiger partial charge in [0.1, 0.15) is 0 Å². The molecule has 2 heteroatoms. The molecule has 56 valence electrons. The molecule has 1 rings (SSSR count). The number of nitrogens with zero attached hydrogens (tertiary/aromatic N) is 1. The van der Waals surface area contributed by atoms with Crippen LogP contribution in [0.15, 0.2) is 0 Å². The molecule has 0 aliphatic carbocycles. The summed E-state index contributed by atoms with van der Waals surface area (Å²) in [6.45, 7) is 2.19. The van der Waals surface area contributed by atoms with Gasteiger partial charge >= 0.3 is 0 Å². The molecule has 0 saturated carbocycles. The van der Waals surface area contributed by atoms with Crippen molar-refractivity contribution >= 4 is 0 Å². The molecule has 0 amide bonds. The van der Waals surface area contributed by atoms with Crippen LogP contribution in [0.2, 0.25) is 0 Å². The summed E-state index contributed by atoms with van der Waals surface area (Å²) in [7, 11) is 0. The third-order valence-corrected chi connectivity index (χ3v) is 2.03. The van der Waals surface area contributed by atoms with Gasteiger partial charge in [0.2, 0.25) is 0 Å². The van der Waals surface area contributed by atoms with Crippen molar-refractivity contribution < 1.29 is 0 Å². The van der Waals surface area contributed by atoms with Gasteiger partial charge in [-0.25, -0.2) is 0 Å². The maximum absolute atomic E-state index is 8.43. The van der Waals surface area contributed by atoms with Gasteiger partial charge in [-0.3, -0.25) is 0 Å². The van der Waals surface area contributed by atoms with Gasteiger partial charge in [0.05, 0.1) is 6.07 Å². The Bertz CT molecular complexity index is 118. The van der Waals surface area contributed by atoms with Gasteiger partial charge in [-0.15, -0.1) is 0 Å².